The Morgan fingerprint density at radius 1 is 1.12 bits per heavy atom. The smallest absolute Gasteiger partial charge is 0.243 e. The van der Waals surface area contributed by atoms with Crippen LogP contribution < -0.4 is 16.0 Å². The molecule has 1 aromatic rings. The maximum Gasteiger partial charge on any atom is 0.243 e. The lowest BCUT2D eigenvalue weighted by molar-refractivity contribution is -0.115. The van der Waals surface area contributed by atoms with Crippen LogP contribution in [0.1, 0.15) is 27.2 Å². The zero-order valence-electron chi connectivity index (χ0n) is 14.8. The molecule has 0 atom stereocenters. The number of likely N-dealkylation sites (N-methyl/N-ethyl adjacent to an activating group) is 1. The summed E-state index contributed by atoms with van der Waals surface area (Å²) in [6.45, 7) is 7.32. The van der Waals surface area contributed by atoms with E-state index < -0.39 is 10.0 Å². The number of benzene rings is 1. The average Bonchev–Trinajstić information content (AvgIpc) is 2.54. The van der Waals surface area contributed by atoms with Gasteiger partial charge in [-0.1, -0.05) is 20.8 Å². The average molecular weight is 356 g/mol. The molecule has 136 valence electrons. The van der Waals surface area contributed by atoms with Crippen LogP contribution >= 0.6 is 0 Å². The van der Waals surface area contributed by atoms with Gasteiger partial charge in [-0.3, -0.25) is 4.79 Å². The molecule has 1 rings (SSSR count). The van der Waals surface area contributed by atoms with Crippen molar-refractivity contribution in [1.82, 2.24) is 9.62 Å². The SMILES string of the molecule is CCCNc1ccc(S(=O)(=O)N(CC)CC)cc1NC(=O)CNC. The number of carbonyl (C=O) groups is 1. The summed E-state index contributed by atoms with van der Waals surface area (Å²) in [4.78, 5) is 12.1. The number of hydrogen-bond acceptors (Lipinski definition) is 5. The summed E-state index contributed by atoms with van der Waals surface area (Å²) in [5, 5.41) is 8.74. The van der Waals surface area contributed by atoms with Gasteiger partial charge in [-0.2, -0.15) is 4.31 Å². The van der Waals surface area contributed by atoms with Crippen molar-refractivity contribution in [3.8, 4) is 0 Å². The van der Waals surface area contributed by atoms with Crippen LogP contribution in [0.15, 0.2) is 23.1 Å². The summed E-state index contributed by atoms with van der Waals surface area (Å²) >= 11 is 0. The molecule has 1 aromatic carbocycles. The largest absolute Gasteiger partial charge is 0.383 e. The summed E-state index contributed by atoms with van der Waals surface area (Å²) in [5.74, 6) is -0.227. The van der Waals surface area contributed by atoms with E-state index in [1.54, 1.807) is 33.0 Å². The van der Waals surface area contributed by atoms with Crippen LogP contribution in [0.3, 0.4) is 0 Å². The Kier molecular flexibility index (Phi) is 8.17. The highest BCUT2D eigenvalue weighted by molar-refractivity contribution is 7.89. The molecule has 1 amide bonds. The lowest BCUT2D eigenvalue weighted by Gasteiger charge is -2.20. The quantitative estimate of drug-likeness (QED) is 0.594. The molecule has 0 aliphatic carbocycles. The second kappa shape index (κ2) is 9.61. The minimum absolute atomic E-state index is 0.153. The maximum absolute atomic E-state index is 12.7. The van der Waals surface area contributed by atoms with Gasteiger partial charge in [0, 0.05) is 19.6 Å². The zero-order valence-corrected chi connectivity index (χ0v) is 15.7. The molecule has 0 aliphatic heterocycles. The number of anilines is 2. The number of nitrogens with zero attached hydrogens (tertiary/aromatic N) is 1. The number of carbonyl (C=O) groups excluding carboxylic acids is 1. The van der Waals surface area contributed by atoms with Crippen molar-refractivity contribution in [3.63, 3.8) is 0 Å². The molecule has 0 bridgehead atoms. The second-order valence-corrected chi connectivity index (χ2v) is 7.24. The van der Waals surface area contributed by atoms with Gasteiger partial charge >= 0.3 is 0 Å². The highest BCUT2D eigenvalue weighted by Crippen LogP contribution is 2.27. The number of nitrogens with one attached hydrogen (secondary N) is 3. The van der Waals surface area contributed by atoms with E-state index in [0.717, 1.165) is 13.0 Å². The van der Waals surface area contributed by atoms with E-state index in [-0.39, 0.29) is 17.3 Å². The monoisotopic (exact) mass is 356 g/mol. The van der Waals surface area contributed by atoms with Crippen molar-refractivity contribution in [2.24, 2.45) is 0 Å². The molecule has 0 spiro atoms. The fourth-order valence-electron chi connectivity index (χ4n) is 2.27. The number of rotatable bonds is 10. The van der Waals surface area contributed by atoms with Crippen molar-refractivity contribution < 1.29 is 13.2 Å². The lowest BCUT2D eigenvalue weighted by Crippen LogP contribution is -2.31. The Morgan fingerprint density at radius 2 is 1.79 bits per heavy atom. The number of amides is 1. The van der Waals surface area contributed by atoms with Crippen LogP contribution in [0.25, 0.3) is 0 Å². The molecule has 7 nitrogen and oxygen atoms in total. The van der Waals surface area contributed by atoms with Gasteiger partial charge in [0.2, 0.25) is 15.9 Å². The Bertz CT molecular complexity index is 643. The molecule has 0 heterocycles. The fourth-order valence-corrected chi connectivity index (χ4v) is 3.75. The first-order valence-corrected chi connectivity index (χ1v) is 9.67. The van der Waals surface area contributed by atoms with Crippen molar-refractivity contribution >= 4 is 27.3 Å². The van der Waals surface area contributed by atoms with E-state index in [1.807, 2.05) is 6.92 Å². The summed E-state index contributed by atoms with van der Waals surface area (Å²) in [6, 6.07) is 4.78. The van der Waals surface area contributed by atoms with Crippen LogP contribution in [0.2, 0.25) is 0 Å². The highest BCUT2D eigenvalue weighted by atomic mass is 32.2. The van der Waals surface area contributed by atoms with Gasteiger partial charge in [0.15, 0.2) is 0 Å². The van der Waals surface area contributed by atoms with Crippen LogP contribution in [0.4, 0.5) is 11.4 Å². The molecular weight excluding hydrogens is 328 g/mol. The van der Waals surface area contributed by atoms with Gasteiger partial charge in [-0.15, -0.1) is 0 Å². The van der Waals surface area contributed by atoms with Crippen LogP contribution in [0, 0.1) is 0 Å². The molecule has 0 radical (unpaired) electrons. The Balaban J connectivity index is 3.23. The van der Waals surface area contributed by atoms with Gasteiger partial charge in [-0.25, -0.2) is 8.42 Å². The summed E-state index contributed by atoms with van der Waals surface area (Å²) in [7, 11) is -1.89. The second-order valence-electron chi connectivity index (χ2n) is 5.30. The predicted molar refractivity (Wildman–Crippen MR) is 97.9 cm³/mol. The van der Waals surface area contributed by atoms with E-state index in [1.165, 1.54) is 10.4 Å². The van der Waals surface area contributed by atoms with Gasteiger partial charge in [0.05, 0.1) is 22.8 Å². The Morgan fingerprint density at radius 3 is 2.33 bits per heavy atom. The van der Waals surface area contributed by atoms with E-state index >= 15 is 0 Å². The lowest BCUT2D eigenvalue weighted by atomic mass is 10.2. The highest BCUT2D eigenvalue weighted by Gasteiger charge is 2.23. The van der Waals surface area contributed by atoms with E-state index in [0.29, 0.717) is 24.5 Å². The molecule has 3 N–H and O–H groups in total. The van der Waals surface area contributed by atoms with E-state index in [4.69, 9.17) is 0 Å². The number of hydrogen-bond donors (Lipinski definition) is 3. The standard InChI is InChI=1S/C16H28N4O3S/c1-5-10-18-14-9-8-13(24(22,23)20(6-2)7-3)11-15(14)19-16(21)12-17-4/h8-9,11,17-18H,5-7,10,12H2,1-4H3,(H,19,21). The third kappa shape index (κ3) is 5.19. The number of sulfonamides is 1. The first-order chi connectivity index (χ1) is 11.4. The van der Waals surface area contributed by atoms with Gasteiger partial charge in [0.1, 0.15) is 0 Å². The molecular formula is C16H28N4O3S. The topological polar surface area (TPSA) is 90.5 Å². The fraction of sp³-hybridized carbons (Fsp3) is 0.562. The maximum atomic E-state index is 12.7. The summed E-state index contributed by atoms with van der Waals surface area (Å²) < 4.78 is 26.7. The molecule has 0 fully saturated rings. The third-order valence-corrected chi connectivity index (χ3v) is 5.56. The Labute approximate surface area is 144 Å². The van der Waals surface area contributed by atoms with Crippen molar-refractivity contribution in [2.75, 3.05) is 43.9 Å². The van der Waals surface area contributed by atoms with Gasteiger partial charge in [-0.05, 0) is 31.7 Å². The van der Waals surface area contributed by atoms with Gasteiger partial charge < -0.3 is 16.0 Å². The first-order valence-electron chi connectivity index (χ1n) is 8.23. The molecule has 8 heteroatoms. The minimum atomic E-state index is -3.57. The predicted octanol–water partition coefficient (Wildman–Crippen LogP) is 1.70. The van der Waals surface area contributed by atoms with Crippen LogP contribution in [-0.4, -0.2) is 51.9 Å². The van der Waals surface area contributed by atoms with E-state index in [9.17, 15) is 13.2 Å². The minimum Gasteiger partial charge on any atom is -0.383 e. The van der Waals surface area contributed by atoms with Crippen molar-refractivity contribution in [2.45, 2.75) is 32.1 Å². The van der Waals surface area contributed by atoms with E-state index in [2.05, 4.69) is 16.0 Å². The molecule has 0 unspecified atom stereocenters. The molecule has 0 aliphatic rings. The van der Waals surface area contributed by atoms with Gasteiger partial charge in [0.25, 0.3) is 0 Å². The molecule has 0 saturated carbocycles. The summed E-state index contributed by atoms with van der Waals surface area (Å²) in [5.41, 5.74) is 1.18. The zero-order chi connectivity index (χ0) is 18.2. The molecule has 0 saturated heterocycles. The normalized spacial score (nSPS) is 11.5. The first kappa shape index (κ1) is 20.4. The third-order valence-electron chi connectivity index (χ3n) is 3.51. The summed E-state index contributed by atoms with van der Waals surface area (Å²) in [6.07, 6.45) is 0.920. The molecule has 0 aromatic heterocycles. The molecule has 24 heavy (non-hydrogen) atoms. The van der Waals surface area contributed by atoms with Crippen molar-refractivity contribution in [3.05, 3.63) is 18.2 Å². The van der Waals surface area contributed by atoms with Crippen LogP contribution in [0.5, 0.6) is 0 Å². The van der Waals surface area contributed by atoms with Crippen LogP contribution in [-0.2, 0) is 14.8 Å². The van der Waals surface area contributed by atoms with Crippen molar-refractivity contribution in [1.29, 1.82) is 0 Å². The Hall–Kier alpha value is -1.64.